The second kappa shape index (κ2) is 40.2. The van der Waals surface area contributed by atoms with Crippen LogP contribution >= 0.6 is 0 Å². The molecule has 12 rings (SSSR count). The molecule has 10 aromatic heterocycles. The number of hydrogen-bond acceptors (Lipinski definition) is 35. The maximum Gasteiger partial charge on any atom is 0.331 e. The zero-order chi connectivity index (χ0) is 88.6. The van der Waals surface area contributed by atoms with Crippen molar-refractivity contribution >= 4 is 29.5 Å². The number of nitrogens with zero attached hydrogens (tertiary/aromatic N) is 30. The van der Waals surface area contributed by atoms with Crippen LogP contribution in [-0.4, -0.2) is 232 Å². The van der Waals surface area contributed by atoms with Gasteiger partial charge in [0, 0.05) is 63.7 Å². The van der Waals surface area contributed by atoms with Gasteiger partial charge in [0.15, 0.2) is 29.1 Å². The summed E-state index contributed by atoms with van der Waals surface area (Å²) in [6.07, 6.45) is 6.53. The third-order valence-corrected chi connectivity index (χ3v) is 17.2. The van der Waals surface area contributed by atoms with Crippen LogP contribution in [0.5, 0.6) is 0 Å². The maximum absolute atomic E-state index is 12.6. The third-order valence-electron chi connectivity index (χ3n) is 17.2. The van der Waals surface area contributed by atoms with Crippen molar-refractivity contribution in [3.8, 4) is 0 Å². The molecule has 2 saturated carbocycles. The van der Waals surface area contributed by atoms with Crippen molar-refractivity contribution in [3.63, 3.8) is 0 Å². The van der Waals surface area contributed by atoms with Gasteiger partial charge in [0.05, 0.1) is 96.0 Å². The summed E-state index contributed by atoms with van der Waals surface area (Å²) in [4.78, 5) is 186. The van der Waals surface area contributed by atoms with Gasteiger partial charge in [-0.3, -0.25) is 93.6 Å². The molecule has 0 aliphatic heterocycles. The number of rotatable bonds is 31. The number of aromatic nitrogens is 30. The first-order valence-corrected chi connectivity index (χ1v) is 36.9. The average molecular weight is 1680 g/mol. The lowest BCUT2D eigenvalue weighted by Gasteiger charge is -2.27. The molecule has 55 nitrogen and oxygen atoms in total. The number of hydrogen-bond donors (Lipinski definition) is 10. The summed E-state index contributed by atoms with van der Waals surface area (Å²) in [5.74, 6) is -3.23. The van der Waals surface area contributed by atoms with Crippen molar-refractivity contribution in [3.05, 3.63) is 192 Å². The molecule has 5 atom stereocenters. The molecule has 2 aliphatic rings. The Kier molecular flexibility index (Phi) is 30.6. The van der Waals surface area contributed by atoms with Gasteiger partial charge in [-0.25, -0.2) is 24.0 Å². The molecule has 55 heteroatoms. The zero-order valence-electron chi connectivity index (χ0n) is 66.4. The van der Waals surface area contributed by atoms with Crippen molar-refractivity contribution in [2.24, 2.45) is 47.6 Å². The van der Waals surface area contributed by atoms with Gasteiger partial charge in [0.25, 0.3) is 57.3 Å². The Morgan fingerprint density at radius 3 is 0.908 bits per heavy atom. The largest absolute Gasteiger partial charge is 0.391 e. The highest BCUT2D eigenvalue weighted by Gasteiger charge is 2.29. The molecule has 5 amide bonds. The molecule has 120 heavy (non-hydrogen) atoms. The van der Waals surface area contributed by atoms with Crippen molar-refractivity contribution in [2.45, 2.75) is 209 Å². The number of nitrogens with two attached hydrogens (primary N) is 5. The van der Waals surface area contributed by atoms with E-state index in [0.29, 0.717) is 12.8 Å². The molecular formula is C65H91N35O20. The highest BCUT2D eigenvalue weighted by Crippen LogP contribution is 2.30. The Bertz CT molecular complexity index is 5880. The fourth-order valence-corrected chi connectivity index (χ4v) is 11.2. The molecule has 0 radical (unpaired) electrons. The molecule has 2 fully saturated rings. The average Bonchev–Trinajstić information content (AvgIpc) is 0.918. The van der Waals surface area contributed by atoms with E-state index < -0.39 is 116 Å². The summed E-state index contributed by atoms with van der Waals surface area (Å²) in [6.45, 7) is 14.1. The standard InChI is InChI=1S/2C14H19N7O4.C14H21N7O4.C12H17N7O4.C11H15N7O4/c1-8(22)4-21-17-11(16-18-21)7-19-6-10(12(15)23)13(24)20(14(19)25)5-9-2-3-9;1-8(22)5-20-17-11(16-18-20)7-19-6-10(12(15)23)13(24)21(14(19)25)9-3-2-4-9;1-8(2)4-20-13(24)10(12(15)23)6-19(14(20)25)7-11-16-18-21(17-11)5-9(3)22;1-3-18-11(22)8(10(13)21)5-17(12(18)23)6-9-14-16-19(15-9)4-7(2)20;1-6(19)3-18-14-8(13-15-18)5-17-4-7(9(12)20)10(21)16(2)11(17)22/h2*6,8-9,22H,2-5,7H2,1H3,(H2,15,23);6,8-9,22H,4-5,7H2,1-3H3,(H2,15,23);5,7,20H,3-4,6H2,1-2H3,(H2,13,21);4,6,19H,3,5H2,1-2H3,(H2,12,20)/t2*8-;9-;7-;6-/m11111/s1. The van der Waals surface area contributed by atoms with E-state index in [1.54, 1.807) is 41.5 Å². The number of aliphatic hydroxyl groups is 5. The molecule has 0 unspecified atom stereocenters. The van der Waals surface area contributed by atoms with E-state index in [9.17, 15) is 97.5 Å². The fraction of sp³-hybridized carbons (Fsp3) is 0.538. The van der Waals surface area contributed by atoms with Gasteiger partial charge in [0.1, 0.15) is 27.8 Å². The lowest BCUT2D eigenvalue weighted by molar-refractivity contribution is 0.0987. The Labute approximate surface area is 672 Å². The molecule has 10 aromatic rings. The molecule has 0 bridgehead atoms. The molecule has 15 N–H and O–H groups in total. The van der Waals surface area contributed by atoms with Crippen LogP contribution < -0.4 is 84.9 Å². The van der Waals surface area contributed by atoms with E-state index in [1.165, 1.54) is 40.2 Å². The first kappa shape index (κ1) is 91.4. The number of aliphatic hydroxyl groups excluding tert-OH is 5. The summed E-state index contributed by atoms with van der Waals surface area (Å²) in [7, 11) is 1.24. The minimum Gasteiger partial charge on any atom is -0.391 e. The van der Waals surface area contributed by atoms with Crippen molar-refractivity contribution < 1.29 is 49.5 Å². The monoisotopic (exact) mass is 1680 g/mol. The van der Waals surface area contributed by atoms with Gasteiger partial charge in [-0.2, -0.15) is 24.0 Å². The molecule has 0 aromatic carbocycles. The van der Waals surface area contributed by atoms with Gasteiger partial charge in [-0.05, 0) is 112 Å². The van der Waals surface area contributed by atoms with E-state index in [-0.39, 0.29) is 160 Å². The lowest BCUT2D eigenvalue weighted by atomic mass is 9.93. The first-order valence-electron chi connectivity index (χ1n) is 36.9. The van der Waals surface area contributed by atoms with Crippen molar-refractivity contribution in [2.75, 3.05) is 0 Å². The van der Waals surface area contributed by atoms with Crippen LogP contribution in [0.2, 0.25) is 0 Å². The predicted octanol–water partition coefficient (Wildman–Crippen LogP) is -11.0. The first-order chi connectivity index (χ1) is 56.5. The summed E-state index contributed by atoms with van der Waals surface area (Å²) in [5, 5.41) is 104. The highest BCUT2D eigenvalue weighted by molar-refractivity contribution is 5.94. The summed E-state index contributed by atoms with van der Waals surface area (Å²) < 4.78 is 10.5. The molecule has 2 aliphatic carbocycles. The normalized spacial score (nSPS) is 13.7. The fourth-order valence-electron chi connectivity index (χ4n) is 11.2. The summed E-state index contributed by atoms with van der Waals surface area (Å²) >= 11 is 0. The van der Waals surface area contributed by atoms with Crippen molar-refractivity contribution in [1.82, 2.24) is 147 Å². The zero-order valence-corrected chi connectivity index (χ0v) is 66.4. The van der Waals surface area contributed by atoms with Gasteiger partial charge in [-0.15, -0.1) is 51.0 Å². The Morgan fingerprint density at radius 2 is 0.633 bits per heavy atom. The SMILES string of the molecule is CC(C)Cn1c(=O)c(C(N)=O)cn(Cc2nnn(C[C@@H](C)O)n2)c1=O.CCn1c(=O)c(C(N)=O)cn(Cc2nnn(C[C@@H](C)O)n2)c1=O.C[C@@H](O)Cn1nnc(Cn2cc(C(N)=O)c(=O)n(C)c2=O)n1.C[C@@H](O)Cn1nnc(Cn2cc(C(N)=O)c(=O)n(C3CCC3)c2=O)n1.C[C@@H](O)Cn1nnc(Cn2cc(C(N)=O)c(=O)n(CC3CC3)c2=O)n1. The Balaban J connectivity index is 0.000000187. The summed E-state index contributed by atoms with van der Waals surface area (Å²) in [6, 6.07) is -0.218. The van der Waals surface area contributed by atoms with Gasteiger partial charge >= 0.3 is 28.4 Å². The second-order valence-electron chi connectivity index (χ2n) is 28.5. The number of amides is 5. The molecule has 0 saturated heterocycles. The number of carbonyl (C=O) groups excluding carboxylic acids is 5. The third kappa shape index (κ3) is 24.0. The van der Waals surface area contributed by atoms with Gasteiger partial charge < -0.3 is 54.2 Å². The maximum atomic E-state index is 12.6. The quantitative estimate of drug-likeness (QED) is 0.0193. The van der Waals surface area contributed by atoms with Crippen molar-refractivity contribution in [1.29, 1.82) is 0 Å². The minimum absolute atomic E-state index is 0.0204. The Morgan fingerprint density at radius 1 is 0.367 bits per heavy atom. The molecule has 646 valence electrons. The molecule has 0 spiro atoms. The summed E-state index contributed by atoms with van der Waals surface area (Å²) in [5.41, 5.74) is 18.2. The van der Waals surface area contributed by atoms with E-state index in [2.05, 4.69) is 77.1 Å². The van der Waals surface area contributed by atoms with Gasteiger partial charge in [-0.1, -0.05) is 13.8 Å². The van der Waals surface area contributed by atoms with Crippen LogP contribution in [0.25, 0.3) is 0 Å². The lowest BCUT2D eigenvalue weighted by Crippen LogP contribution is -2.46. The van der Waals surface area contributed by atoms with Gasteiger partial charge in [0.2, 0.25) is 0 Å². The van der Waals surface area contributed by atoms with Crippen LogP contribution in [0.4, 0.5) is 0 Å². The van der Waals surface area contributed by atoms with Crippen LogP contribution in [0.15, 0.2) is 78.9 Å². The number of carbonyl (C=O) groups is 5. The van der Waals surface area contributed by atoms with E-state index in [1.807, 2.05) is 13.8 Å². The predicted molar refractivity (Wildman–Crippen MR) is 408 cm³/mol. The van der Waals surface area contributed by atoms with Crippen LogP contribution in [0, 0.1) is 11.8 Å². The van der Waals surface area contributed by atoms with E-state index in [0.717, 1.165) is 86.8 Å². The molecular weight excluding hydrogens is 1590 g/mol. The molecule has 10 heterocycles. The number of tetrazole rings is 5. The van der Waals surface area contributed by atoms with Crippen LogP contribution in [-0.2, 0) is 92.1 Å². The topological polar surface area (TPSA) is 755 Å². The van der Waals surface area contributed by atoms with E-state index in [4.69, 9.17) is 28.7 Å². The highest BCUT2D eigenvalue weighted by atomic mass is 16.3. The van der Waals surface area contributed by atoms with Crippen LogP contribution in [0.1, 0.15) is 174 Å². The minimum atomic E-state index is -0.930. The Hall–Kier alpha value is -14.1. The number of primary amides is 5. The van der Waals surface area contributed by atoms with E-state index >= 15 is 0 Å². The second-order valence-corrected chi connectivity index (χ2v) is 28.5. The smallest absolute Gasteiger partial charge is 0.331 e. The van der Waals surface area contributed by atoms with Crippen LogP contribution in [0.3, 0.4) is 0 Å².